The molecule has 1 N–H and O–H groups in total. The Morgan fingerprint density at radius 3 is 2.58 bits per heavy atom. The smallest absolute Gasteiger partial charge is 0.121 e. The minimum absolute atomic E-state index is 0.684. The van der Waals surface area contributed by atoms with E-state index in [1.54, 1.807) is 7.11 Å². The van der Waals surface area contributed by atoms with Crippen LogP contribution in [0.5, 0.6) is 5.75 Å². The summed E-state index contributed by atoms with van der Waals surface area (Å²) in [5, 5.41) is 4.69. The lowest BCUT2D eigenvalue weighted by Gasteiger charge is -2.28. The molecule has 0 saturated carbocycles. The van der Waals surface area contributed by atoms with E-state index < -0.39 is 0 Å². The number of ether oxygens (including phenoxy) is 1. The number of rotatable bonds is 11. The Balaban J connectivity index is 2.05. The minimum atomic E-state index is 0.684. The molecule has 0 aliphatic heterocycles. The molecule has 2 aromatic rings. The van der Waals surface area contributed by atoms with E-state index in [4.69, 9.17) is 4.74 Å². The van der Waals surface area contributed by atoms with Crippen LogP contribution in [0, 0.1) is 11.8 Å². The molecule has 0 radical (unpaired) electrons. The van der Waals surface area contributed by atoms with Gasteiger partial charge in [0.1, 0.15) is 5.75 Å². The SMILES string of the molecule is CCC(CC)CN(CCNc1cc(OC)cc2cccnc12)CC(C)C. The molecule has 0 saturated heterocycles. The van der Waals surface area contributed by atoms with Crippen molar-refractivity contribution in [3.8, 4) is 5.75 Å². The first-order valence-corrected chi connectivity index (χ1v) is 9.96. The van der Waals surface area contributed by atoms with Crippen molar-refractivity contribution in [3.63, 3.8) is 0 Å². The fourth-order valence-corrected chi connectivity index (χ4v) is 3.45. The summed E-state index contributed by atoms with van der Waals surface area (Å²) >= 11 is 0. The lowest BCUT2D eigenvalue weighted by molar-refractivity contribution is 0.209. The van der Waals surface area contributed by atoms with E-state index in [1.807, 2.05) is 24.4 Å². The second-order valence-corrected chi connectivity index (χ2v) is 7.51. The van der Waals surface area contributed by atoms with Gasteiger partial charge in [-0.2, -0.15) is 0 Å². The maximum atomic E-state index is 5.45. The zero-order valence-electron chi connectivity index (χ0n) is 17.1. The summed E-state index contributed by atoms with van der Waals surface area (Å²) in [4.78, 5) is 7.15. The van der Waals surface area contributed by atoms with Crippen molar-refractivity contribution < 1.29 is 4.74 Å². The van der Waals surface area contributed by atoms with Gasteiger partial charge in [0.2, 0.25) is 0 Å². The average Bonchev–Trinajstić information content (AvgIpc) is 2.65. The summed E-state index contributed by atoms with van der Waals surface area (Å²) < 4.78 is 5.45. The van der Waals surface area contributed by atoms with E-state index in [9.17, 15) is 0 Å². The number of nitrogens with one attached hydrogen (secondary N) is 1. The van der Waals surface area contributed by atoms with Gasteiger partial charge in [-0.15, -0.1) is 0 Å². The van der Waals surface area contributed by atoms with Crippen molar-refractivity contribution in [3.05, 3.63) is 30.5 Å². The third-order valence-corrected chi connectivity index (χ3v) is 4.95. The van der Waals surface area contributed by atoms with Crippen LogP contribution in [-0.2, 0) is 0 Å². The molecule has 4 heteroatoms. The molecule has 1 heterocycles. The zero-order valence-corrected chi connectivity index (χ0v) is 17.1. The van der Waals surface area contributed by atoms with Crippen molar-refractivity contribution in [2.45, 2.75) is 40.5 Å². The Bertz CT molecular complexity index is 667. The highest BCUT2D eigenvalue weighted by atomic mass is 16.5. The lowest BCUT2D eigenvalue weighted by atomic mass is 10.0. The topological polar surface area (TPSA) is 37.4 Å². The standard InChI is InChI=1S/C22H35N3O/c1-6-18(7-2)16-25(15-17(3)4)12-11-23-21-14-20(26-5)13-19-9-8-10-24-22(19)21/h8-10,13-14,17-18,23H,6-7,11-12,15-16H2,1-5H3. The largest absolute Gasteiger partial charge is 0.497 e. The molecule has 2 rings (SSSR count). The lowest BCUT2D eigenvalue weighted by Crippen LogP contribution is -2.36. The predicted molar refractivity (Wildman–Crippen MR) is 112 cm³/mol. The first kappa shape index (κ1) is 20.5. The summed E-state index contributed by atoms with van der Waals surface area (Å²) in [5.74, 6) is 2.33. The molecule has 0 bridgehead atoms. The van der Waals surface area contributed by atoms with Crippen molar-refractivity contribution in [1.82, 2.24) is 9.88 Å². The fraction of sp³-hybridized carbons (Fsp3) is 0.591. The number of benzene rings is 1. The molecule has 1 aromatic carbocycles. The number of aromatic nitrogens is 1. The first-order chi connectivity index (χ1) is 12.6. The third-order valence-electron chi connectivity index (χ3n) is 4.95. The molecular weight excluding hydrogens is 322 g/mol. The quantitative estimate of drug-likeness (QED) is 0.611. The van der Waals surface area contributed by atoms with Crippen LogP contribution in [-0.4, -0.2) is 43.2 Å². The molecule has 144 valence electrons. The molecule has 0 atom stereocenters. The molecule has 0 unspecified atom stereocenters. The van der Waals surface area contributed by atoms with Gasteiger partial charge in [-0.25, -0.2) is 0 Å². The molecule has 0 spiro atoms. The number of hydrogen-bond acceptors (Lipinski definition) is 4. The normalized spacial score (nSPS) is 11.7. The van der Waals surface area contributed by atoms with E-state index >= 15 is 0 Å². The number of anilines is 1. The van der Waals surface area contributed by atoms with Crippen LogP contribution in [0.25, 0.3) is 10.9 Å². The number of pyridine rings is 1. The summed E-state index contributed by atoms with van der Waals surface area (Å²) in [6.45, 7) is 13.5. The molecule has 4 nitrogen and oxygen atoms in total. The number of fused-ring (bicyclic) bond motifs is 1. The van der Waals surface area contributed by atoms with Crippen molar-refractivity contribution >= 4 is 16.6 Å². The van der Waals surface area contributed by atoms with Crippen LogP contribution in [0.1, 0.15) is 40.5 Å². The second-order valence-electron chi connectivity index (χ2n) is 7.51. The highest BCUT2D eigenvalue weighted by Crippen LogP contribution is 2.27. The van der Waals surface area contributed by atoms with Gasteiger partial charge >= 0.3 is 0 Å². The Hall–Kier alpha value is -1.81. The summed E-state index contributed by atoms with van der Waals surface area (Å²) in [5.41, 5.74) is 2.05. The van der Waals surface area contributed by atoms with Gasteiger partial charge in [-0.1, -0.05) is 46.6 Å². The van der Waals surface area contributed by atoms with Gasteiger partial charge < -0.3 is 15.0 Å². The van der Waals surface area contributed by atoms with E-state index in [1.165, 1.54) is 19.4 Å². The van der Waals surface area contributed by atoms with Crippen molar-refractivity contribution in [1.29, 1.82) is 0 Å². The number of nitrogens with zero attached hydrogens (tertiary/aromatic N) is 2. The van der Waals surface area contributed by atoms with Crippen LogP contribution < -0.4 is 10.1 Å². The van der Waals surface area contributed by atoms with Gasteiger partial charge in [-0.3, -0.25) is 4.98 Å². The fourth-order valence-electron chi connectivity index (χ4n) is 3.45. The molecule has 0 aliphatic rings. The molecule has 0 amide bonds. The van der Waals surface area contributed by atoms with Crippen LogP contribution in [0.2, 0.25) is 0 Å². The minimum Gasteiger partial charge on any atom is -0.497 e. The van der Waals surface area contributed by atoms with E-state index in [0.717, 1.165) is 47.9 Å². The molecule has 26 heavy (non-hydrogen) atoms. The van der Waals surface area contributed by atoms with Gasteiger partial charge in [0.05, 0.1) is 18.3 Å². The van der Waals surface area contributed by atoms with Crippen LogP contribution in [0.15, 0.2) is 30.5 Å². The molecule has 0 fully saturated rings. The average molecular weight is 358 g/mol. The molecule has 0 aliphatic carbocycles. The Morgan fingerprint density at radius 2 is 1.92 bits per heavy atom. The van der Waals surface area contributed by atoms with Gasteiger partial charge in [0.15, 0.2) is 0 Å². The zero-order chi connectivity index (χ0) is 18.9. The predicted octanol–water partition coefficient (Wildman–Crippen LogP) is 5.05. The Labute approximate surface area is 159 Å². The summed E-state index contributed by atoms with van der Waals surface area (Å²) in [7, 11) is 1.71. The first-order valence-electron chi connectivity index (χ1n) is 9.96. The Kier molecular flexibility index (Phi) is 8.17. The maximum Gasteiger partial charge on any atom is 0.121 e. The van der Waals surface area contributed by atoms with Gasteiger partial charge in [-0.05, 0) is 24.0 Å². The number of hydrogen-bond donors (Lipinski definition) is 1. The van der Waals surface area contributed by atoms with E-state index in [-0.39, 0.29) is 0 Å². The summed E-state index contributed by atoms with van der Waals surface area (Å²) in [6, 6.07) is 8.12. The van der Waals surface area contributed by atoms with Crippen LogP contribution in [0.4, 0.5) is 5.69 Å². The maximum absolute atomic E-state index is 5.45. The number of methoxy groups -OCH3 is 1. The van der Waals surface area contributed by atoms with Crippen LogP contribution >= 0.6 is 0 Å². The molecule has 1 aromatic heterocycles. The van der Waals surface area contributed by atoms with Crippen molar-refractivity contribution in [2.75, 3.05) is 38.6 Å². The summed E-state index contributed by atoms with van der Waals surface area (Å²) in [6.07, 6.45) is 4.35. The third kappa shape index (κ3) is 5.87. The molecular formula is C22H35N3O. The van der Waals surface area contributed by atoms with E-state index in [2.05, 4.69) is 49.0 Å². The monoisotopic (exact) mass is 357 g/mol. The Morgan fingerprint density at radius 1 is 1.15 bits per heavy atom. The highest BCUT2D eigenvalue weighted by molar-refractivity contribution is 5.91. The van der Waals surface area contributed by atoms with Gasteiger partial charge in [0.25, 0.3) is 0 Å². The van der Waals surface area contributed by atoms with Gasteiger partial charge in [0, 0.05) is 43.8 Å². The van der Waals surface area contributed by atoms with Crippen LogP contribution in [0.3, 0.4) is 0 Å². The van der Waals surface area contributed by atoms with E-state index in [0.29, 0.717) is 5.92 Å². The van der Waals surface area contributed by atoms with Crippen molar-refractivity contribution in [2.24, 2.45) is 11.8 Å². The highest BCUT2D eigenvalue weighted by Gasteiger charge is 2.13. The second kappa shape index (κ2) is 10.4.